The number of aryl methyl sites for hydroxylation is 2. The van der Waals surface area contributed by atoms with E-state index in [4.69, 9.17) is 5.11 Å². The summed E-state index contributed by atoms with van der Waals surface area (Å²) in [5.41, 5.74) is 1.16. The quantitative estimate of drug-likeness (QED) is 0.764. The van der Waals surface area contributed by atoms with Crippen LogP contribution in [0.1, 0.15) is 31.3 Å². The number of hydrogen-bond acceptors (Lipinski definition) is 3. The molecule has 15 heavy (non-hydrogen) atoms. The number of rotatable bonds is 6. The maximum Gasteiger partial charge on any atom is 0.136 e. The van der Waals surface area contributed by atoms with E-state index >= 15 is 0 Å². The molecule has 84 valence electrons. The summed E-state index contributed by atoms with van der Waals surface area (Å²) in [4.78, 5) is 15.5. The van der Waals surface area contributed by atoms with Crippen LogP contribution in [0.5, 0.6) is 0 Å². The number of carbonyl (C=O) groups excluding carboxylic acids is 1. The molecule has 0 bridgehead atoms. The van der Waals surface area contributed by atoms with Crippen LogP contribution in [0.3, 0.4) is 0 Å². The number of nitrogens with zero attached hydrogens (tertiary/aromatic N) is 2. The third-order valence-corrected chi connectivity index (χ3v) is 2.50. The molecule has 0 aliphatic heterocycles. The fourth-order valence-electron chi connectivity index (χ4n) is 1.59. The van der Waals surface area contributed by atoms with Crippen LogP contribution in [0.4, 0.5) is 0 Å². The maximum absolute atomic E-state index is 11.3. The van der Waals surface area contributed by atoms with Crippen molar-refractivity contribution in [3.05, 3.63) is 17.7 Å². The molecule has 0 aliphatic rings. The normalized spacial score (nSPS) is 10.6. The molecule has 0 saturated heterocycles. The van der Waals surface area contributed by atoms with Crippen molar-refractivity contribution in [3.8, 4) is 0 Å². The average molecular weight is 210 g/mol. The van der Waals surface area contributed by atoms with E-state index in [9.17, 15) is 4.79 Å². The van der Waals surface area contributed by atoms with E-state index in [0.29, 0.717) is 13.0 Å². The van der Waals surface area contributed by atoms with Gasteiger partial charge in [0.25, 0.3) is 0 Å². The average Bonchev–Trinajstić information content (AvgIpc) is 2.57. The number of aliphatic hydroxyl groups is 1. The Kier molecular flexibility index (Phi) is 4.49. The molecule has 1 N–H and O–H groups in total. The highest BCUT2D eigenvalue weighted by atomic mass is 16.3. The number of aromatic nitrogens is 2. The highest BCUT2D eigenvalue weighted by Gasteiger charge is 2.07. The molecular formula is C11H18N2O2. The zero-order valence-electron chi connectivity index (χ0n) is 9.36. The monoisotopic (exact) mass is 210 g/mol. The zero-order chi connectivity index (χ0) is 11.3. The Bertz CT molecular complexity index is 331. The minimum Gasteiger partial charge on any atom is -0.396 e. The third kappa shape index (κ3) is 3.16. The minimum atomic E-state index is -0.0532. The van der Waals surface area contributed by atoms with Gasteiger partial charge < -0.3 is 9.67 Å². The van der Waals surface area contributed by atoms with E-state index in [-0.39, 0.29) is 18.8 Å². The van der Waals surface area contributed by atoms with Crippen molar-refractivity contribution in [2.24, 2.45) is 0 Å². The molecule has 0 fully saturated rings. The van der Waals surface area contributed by atoms with E-state index in [1.54, 1.807) is 0 Å². The number of carbonyl (C=O) groups is 1. The number of ketones is 1. The molecule has 4 heteroatoms. The summed E-state index contributed by atoms with van der Waals surface area (Å²) in [5.74, 6) is 1.05. The van der Waals surface area contributed by atoms with Gasteiger partial charge in [0, 0.05) is 37.9 Å². The molecule has 0 aromatic carbocycles. The second-order valence-corrected chi connectivity index (χ2v) is 3.56. The van der Waals surface area contributed by atoms with E-state index in [1.807, 2.05) is 13.1 Å². The van der Waals surface area contributed by atoms with Crippen molar-refractivity contribution >= 4 is 5.78 Å². The Balaban J connectivity index is 2.56. The van der Waals surface area contributed by atoms with Crippen molar-refractivity contribution in [2.75, 3.05) is 6.61 Å². The molecule has 0 unspecified atom stereocenters. The van der Waals surface area contributed by atoms with Crippen LogP contribution in [0.2, 0.25) is 0 Å². The molecule has 0 radical (unpaired) electrons. The molecule has 1 rings (SSSR count). The van der Waals surface area contributed by atoms with Gasteiger partial charge >= 0.3 is 0 Å². The van der Waals surface area contributed by atoms with Gasteiger partial charge in [-0.2, -0.15) is 0 Å². The first-order chi connectivity index (χ1) is 7.19. The van der Waals surface area contributed by atoms with Crippen LogP contribution in [-0.4, -0.2) is 27.0 Å². The first-order valence-corrected chi connectivity index (χ1v) is 5.32. The largest absolute Gasteiger partial charge is 0.396 e. The van der Waals surface area contributed by atoms with Crippen molar-refractivity contribution in [1.82, 2.24) is 9.55 Å². The second-order valence-electron chi connectivity index (χ2n) is 3.56. The zero-order valence-corrected chi connectivity index (χ0v) is 9.36. The lowest BCUT2D eigenvalue weighted by Crippen LogP contribution is -2.10. The standard InChI is InChI=1S/C11H18N2O2/c1-3-10-8-12-9(2)13(10)6-4-11(15)5-7-14/h8,14H,3-7H2,1-2H3. The van der Waals surface area contributed by atoms with Crippen molar-refractivity contribution in [2.45, 2.75) is 39.7 Å². The summed E-state index contributed by atoms with van der Waals surface area (Å²) in [6.07, 6.45) is 3.51. The molecular weight excluding hydrogens is 192 g/mol. The van der Waals surface area contributed by atoms with Gasteiger partial charge in [-0.1, -0.05) is 6.92 Å². The number of hydrogen-bond donors (Lipinski definition) is 1. The topological polar surface area (TPSA) is 55.1 Å². The van der Waals surface area contributed by atoms with Crippen molar-refractivity contribution < 1.29 is 9.90 Å². The van der Waals surface area contributed by atoms with Gasteiger partial charge in [-0.05, 0) is 13.3 Å². The summed E-state index contributed by atoms with van der Waals surface area (Å²) in [6.45, 7) is 4.63. The lowest BCUT2D eigenvalue weighted by Gasteiger charge is -2.07. The maximum atomic E-state index is 11.3. The minimum absolute atomic E-state index is 0.0532. The second kappa shape index (κ2) is 5.66. The van der Waals surface area contributed by atoms with Crippen LogP contribution in [0, 0.1) is 6.92 Å². The van der Waals surface area contributed by atoms with E-state index in [1.165, 1.54) is 0 Å². The van der Waals surface area contributed by atoms with Gasteiger partial charge in [0.05, 0.1) is 0 Å². The summed E-state index contributed by atoms with van der Waals surface area (Å²) >= 11 is 0. The van der Waals surface area contributed by atoms with Gasteiger partial charge in [0.2, 0.25) is 0 Å². The Morgan fingerprint density at radius 3 is 2.87 bits per heavy atom. The highest BCUT2D eigenvalue weighted by Crippen LogP contribution is 2.07. The van der Waals surface area contributed by atoms with Crippen LogP contribution < -0.4 is 0 Å². The van der Waals surface area contributed by atoms with Crippen molar-refractivity contribution in [1.29, 1.82) is 0 Å². The lowest BCUT2D eigenvalue weighted by molar-refractivity contribution is -0.119. The molecule has 0 atom stereocenters. The fourth-order valence-corrected chi connectivity index (χ4v) is 1.59. The fraction of sp³-hybridized carbons (Fsp3) is 0.636. The highest BCUT2D eigenvalue weighted by molar-refractivity contribution is 5.78. The molecule has 0 spiro atoms. The van der Waals surface area contributed by atoms with Gasteiger partial charge in [0.1, 0.15) is 11.6 Å². The lowest BCUT2D eigenvalue weighted by atomic mass is 10.2. The number of imidazole rings is 1. The Morgan fingerprint density at radius 2 is 2.27 bits per heavy atom. The molecule has 1 heterocycles. The van der Waals surface area contributed by atoms with E-state index in [2.05, 4.69) is 16.5 Å². The van der Waals surface area contributed by atoms with E-state index < -0.39 is 0 Å². The van der Waals surface area contributed by atoms with Gasteiger partial charge in [-0.3, -0.25) is 4.79 Å². The summed E-state index contributed by atoms with van der Waals surface area (Å²) < 4.78 is 2.06. The van der Waals surface area contributed by atoms with Crippen molar-refractivity contribution in [3.63, 3.8) is 0 Å². The number of aliphatic hydroxyl groups excluding tert-OH is 1. The molecule has 1 aromatic heterocycles. The van der Waals surface area contributed by atoms with Gasteiger partial charge in [-0.25, -0.2) is 4.98 Å². The first kappa shape index (κ1) is 11.9. The predicted molar refractivity (Wildman–Crippen MR) is 57.7 cm³/mol. The summed E-state index contributed by atoms with van der Waals surface area (Å²) in [7, 11) is 0. The molecule has 0 amide bonds. The van der Waals surface area contributed by atoms with Gasteiger partial charge in [-0.15, -0.1) is 0 Å². The smallest absolute Gasteiger partial charge is 0.136 e. The SMILES string of the molecule is CCc1cnc(C)n1CCC(=O)CCO. The Morgan fingerprint density at radius 1 is 1.53 bits per heavy atom. The molecule has 4 nitrogen and oxygen atoms in total. The number of Topliss-reactive ketones (excluding diaryl/α,β-unsaturated/α-hetero) is 1. The van der Waals surface area contributed by atoms with Crippen LogP contribution in [-0.2, 0) is 17.8 Å². The van der Waals surface area contributed by atoms with E-state index in [0.717, 1.165) is 17.9 Å². The summed E-state index contributed by atoms with van der Waals surface area (Å²) in [5, 5.41) is 8.61. The van der Waals surface area contributed by atoms with Crippen LogP contribution >= 0.6 is 0 Å². The van der Waals surface area contributed by atoms with Crippen LogP contribution in [0.25, 0.3) is 0 Å². The molecule has 1 aromatic rings. The summed E-state index contributed by atoms with van der Waals surface area (Å²) in [6, 6.07) is 0. The predicted octanol–water partition coefficient (Wildman–Crippen LogP) is 1.10. The van der Waals surface area contributed by atoms with Crippen LogP contribution in [0.15, 0.2) is 6.20 Å². The Hall–Kier alpha value is -1.16. The molecule has 0 saturated carbocycles. The third-order valence-electron chi connectivity index (χ3n) is 2.50. The van der Waals surface area contributed by atoms with Gasteiger partial charge in [0.15, 0.2) is 0 Å². The first-order valence-electron chi connectivity index (χ1n) is 5.32. The molecule has 0 aliphatic carbocycles. The Labute approximate surface area is 89.9 Å².